The van der Waals surface area contributed by atoms with Crippen molar-refractivity contribution in [3.63, 3.8) is 0 Å². The van der Waals surface area contributed by atoms with Crippen molar-refractivity contribution < 1.29 is 9.53 Å². The molecule has 0 spiro atoms. The van der Waals surface area contributed by atoms with Gasteiger partial charge in [0.05, 0.1) is 10.0 Å². The van der Waals surface area contributed by atoms with Crippen LogP contribution in [0.15, 0.2) is 42.6 Å². The number of rotatable bonds is 3. The summed E-state index contributed by atoms with van der Waals surface area (Å²) in [6, 6.07) is 10.3. The number of aldehydes is 1. The zero-order valence-electron chi connectivity index (χ0n) is 10.1. The number of hydrogen-bond acceptors (Lipinski definition) is 3. The summed E-state index contributed by atoms with van der Waals surface area (Å²) < 4.78 is 7.27. The van der Waals surface area contributed by atoms with Crippen molar-refractivity contribution in [3.05, 3.63) is 58.3 Å². The molecular weight excluding hydrogens is 299 g/mol. The van der Waals surface area contributed by atoms with Crippen LogP contribution in [0.1, 0.15) is 10.5 Å². The highest BCUT2D eigenvalue weighted by molar-refractivity contribution is 6.42. The highest BCUT2D eigenvalue weighted by Crippen LogP contribution is 2.30. The molecule has 3 rings (SSSR count). The van der Waals surface area contributed by atoms with Gasteiger partial charge in [0.25, 0.3) is 0 Å². The number of halogens is 2. The summed E-state index contributed by atoms with van der Waals surface area (Å²) in [5.41, 5.74) is 0.969. The SMILES string of the molecule is O=Cc1c(Oc2ccc(Cl)c(Cl)c2)nc2ccccn12. The molecule has 0 aliphatic carbocycles. The number of carbonyl (C=O) groups excluding carboxylic acids is 1. The van der Waals surface area contributed by atoms with E-state index in [4.69, 9.17) is 27.9 Å². The monoisotopic (exact) mass is 306 g/mol. The lowest BCUT2D eigenvalue weighted by molar-refractivity contribution is 0.111. The van der Waals surface area contributed by atoms with Gasteiger partial charge in [0.15, 0.2) is 12.0 Å². The van der Waals surface area contributed by atoms with Crippen molar-refractivity contribution in [2.45, 2.75) is 0 Å². The van der Waals surface area contributed by atoms with E-state index in [2.05, 4.69) is 4.98 Å². The van der Waals surface area contributed by atoms with Crippen molar-refractivity contribution >= 4 is 35.1 Å². The molecule has 0 atom stereocenters. The fourth-order valence-electron chi connectivity index (χ4n) is 1.83. The second-order valence-corrected chi connectivity index (χ2v) is 4.84. The van der Waals surface area contributed by atoms with Gasteiger partial charge in [-0.3, -0.25) is 9.20 Å². The minimum Gasteiger partial charge on any atom is -0.437 e. The minimum absolute atomic E-state index is 0.226. The Balaban J connectivity index is 2.05. The van der Waals surface area contributed by atoms with Crippen LogP contribution in [0.4, 0.5) is 0 Å². The van der Waals surface area contributed by atoms with E-state index < -0.39 is 0 Å². The third kappa shape index (κ3) is 2.24. The molecule has 0 aliphatic rings. The number of carbonyl (C=O) groups is 1. The van der Waals surface area contributed by atoms with Crippen molar-refractivity contribution in [1.82, 2.24) is 9.38 Å². The molecule has 2 aromatic heterocycles. The summed E-state index contributed by atoms with van der Waals surface area (Å²) in [6.45, 7) is 0. The fraction of sp³-hybridized carbons (Fsp3) is 0. The number of ether oxygens (including phenoxy) is 1. The van der Waals surface area contributed by atoms with Crippen LogP contribution in [-0.2, 0) is 0 Å². The van der Waals surface area contributed by atoms with Gasteiger partial charge < -0.3 is 4.74 Å². The molecule has 0 N–H and O–H groups in total. The van der Waals surface area contributed by atoms with Crippen molar-refractivity contribution in [1.29, 1.82) is 0 Å². The molecule has 0 aliphatic heterocycles. The largest absolute Gasteiger partial charge is 0.437 e. The molecule has 0 bridgehead atoms. The fourth-order valence-corrected chi connectivity index (χ4v) is 2.12. The zero-order chi connectivity index (χ0) is 14.1. The van der Waals surface area contributed by atoms with Crippen molar-refractivity contribution in [3.8, 4) is 11.6 Å². The van der Waals surface area contributed by atoms with Crippen LogP contribution in [0.5, 0.6) is 11.6 Å². The van der Waals surface area contributed by atoms with E-state index >= 15 is 0 Å². The molecule has 0 saturated carbocycles. The van der Waals surface area contributed by atoms with Gasteiger partial charge >= 0.3 is 0 Å². The standard InChI is InChI=1S/C14H8Cl2N2O2/c15-10-5-4-9(7-11(10)16)20-14-12(8-19)18-6-2-1-3-13(18)17-14/h1-8H. The second-order valence-electron chi connectivity index (χ2n) is 4.03. The van der Waals surface area contributed by atoms with Gasteiger partial charge in [-0.25, -0.2) is 0 Å². The number of benzene rings is 1. The summed E-state index contributed by atoms with van der Waals surface area (Å²) in [6.07, 6.45) is 2.45. The molecule has 0 saturated heterocycles. The van der Waals surface area contributed by atoms with Crippen molar-refractivity contribution in [2.75, 3.05) is 0 Å². The summed E-state index contributed by atoms with van der Waals surface area (Å²) in [7, 11) is 0. The maximum absolute atomic E-state index is 11.2. The van der Waals surface area contributed by atoms with Crippen LogP contribution in [0.25, 0.3) is 5.65 Å². The zero-order valence-corrected chi connectivity index (χ0v) is 11.6. The van der Waals surface area contributed by atoms with Gasteiger partial charge in [-0.15, -0.1) is 0 Å². The topological polar surface area (TPSA) is 43.6 Å². The van der Waals surface area contributed by atoms with E-state index in [9.17, 15) is 4.79 Å². The summed E-state index contributed by atoms with van der Waals surface area (Å²) in [5.74, 6) is 0.690. The second kappa shape index (κ2) is 5.15. The lowest BCUT2D eigenvalue weighted by Gasteiger charge is -2.04. The predicted octanol–water partition coefficient (Wildman–Crippen LogP) is 4.25. The number of aromatic nitrogens is 2. The van der Waals surface area contributed by atoms with Crippen molar-refractivity contribution in [2.24, 2.45) is 0 Å². The maximum atomic E-state index is 11.2. The summed E-state index contributed by atoms with van der Waals surface area (Å²) >= 11 is 11.8. The minimum atomic E-state index is 0.226. The molecule has 0 unspecified atom stereocenters. The first-order chi connectivity index (χ1) is 9.69. The molecule has 2 heterocycles. The van der Waals surface area contributed by atoms with Crippen LogP contribution in [0, 0.1) is 0 Å². The Hall–Kier alpha value is -2.04. The van der Waals surface area contributed by atoms with E-state index in [1.807, 2.05) is 12.1 Å². The Morgan fingerprint density at radius 3 is 2.75 bits per heavy atom. The molecule has 0 radical (unpaired) electrons. The highest BCUT2D eigenvalue weighted by atomic mass is 35.5. The lowest BCUT2D eigenvalue weighted by atomic mass is 10.3. The van der Waals surface area contributed by atoms with Gasteiger partial charge in [-0.05, 0) is 24.3 Å². The van der Waals surface area contributed by atoms with E-state index in [-0.39, 0.29) is 5.88 Å². The smallest absolute Gasteiger partial charge is 0.249 e. The van der Waals surface area contributed by atoms with E-state index in [1.165, 1.54) is 0 Å². The molecule has 6 heteroatoms. The van der Waals surface area contributed by atoms with E-state index in [0.29, 0.717) is 33.4 Å². The quantitative estimate of drug-likeness (QED) is 0.680. The Bertz CT molecular complexity index is 799. The van der Waals surface area contributed by atoms with E-state index in [1.54, 1.807) is 34.9 Å². The molecular formula is C14H8Cl2N2O2. The first-order valence-electron chi connectivity index (χ1n) is 5.74. The van der Waals surface area contributed by atoms with Crippen LogP contribution in [-0.4, -0.2) is 15.7 Å². The van der Waals surface area contributed by atoms with Crippen LogP contribution < -0.4 is 4.74 Å². The number of fused-ring (bicyclic) bond motifs is 1. The number of hydrogen-bond donors (Lipinski definition) is 0. The van der Waals surface area contributed by atoms with Gasteiger partial charge in [0, 0.05) is 12.3 Å². The van der Waals surface area contributed by atoms with Gasteiger partial charge in [0.2, 0.25) is 5.88 Å². The Morgan fingerprint density at radius 2 is 2.00 bits per heavy atom. The number of imidazole rings is 1. The summed E-state index contributed by atoms with van der Waals surface area (Å²) in [5, 5.41) is 0.810. The van der Waals surface area contributed by atoms with Gasteiger partial charge in [0.1, 0.15) is 11.4 Å². The Labute approximate surface area is 124 Å². The van der Waals surface area contributed by atoms with Gasteiger partial charge in [-0.2, -0.15) is 4.98 Å². The average Bonchev–Trinajstić information content (AvgIpc) is 2.80. The highest BCUT2D eigenvalue weighted by Gasteiger charge is 2.13. The lowest BCUT2D eigenvalue weighted by Crippen LogP contribution is -1.92. The first kappa shape index (κ1) is 13.0. The third-order valence-electron chi connectivity index (χ3n) is 2.75. The molecule has 3 aromatic rings. The Kier molecular flexibility index (Phi) is 3.34. The first-order valence-corrected chi connectivity index (χ1v) is 6.50. The normalized spacial score (nSPS) is 10.7. The molecule has 20 heavy (non-hydrogen) atoms. The molecule has 0 fully saturated rings. The average molecular weight is 307 g/mol. The van der Waals surface area contributed by atoms with Gasteiger partial charge in [-0.1, -0.05) is 29.3 Å². The predicted molar refractivity (Wildman–Crippen MR) is 77.1 cm³/mol. The van der Waals surface area contributed by atoms with Crippen LogP contribution in [0.2, 0.25) is 10.0 Å². The molecule has 100 valence electrons. The third-order valence-corrected chi connectivity index (χ3v) is 3.49. The van der Waals surface area contributed by atoms with Crippen LogP contribution in [0.3, 0.4) is 0 Å². The number of pyridine rings is 1. The molecule has 1 aromatic carbocycles. The Morgan fingerprint density at radius 1 is 1.15 bits per heavy atom. The maximum Gasteiger partial charge on any atom is 0.249 e. The molecule has 4 nitrogen and oxygen atoms in total. The van der Waals surface area contributed by atoms with Crippen LogP contribution >= 0.6 is 23.2 Å². The van der Waals surface area contributed by atoms with E-state index in [0.717, 1.165) is 0 Å². The summed E-state index contributed by atoms with van der Waals surface area (Å²) in [4.78, 5) is 15.5. The number of nitrogens with zero attached hydrogens (tertiary/aromatic N) is 2. The molecule has 0 amide bonds.